The number of carbonyl (C=O) groups is 2. The van der Waals surface area contributed by atoms with Crippen molar-refractivity contribution in [2.24, 2.45) is 0 Å². The smallest absolute Gasteiger partial charge is 0.330 e. The van der Waals surface area contributed by atoms with Crippen LogP contribution in [0, 0.1) is 0 Å². The minimum Gasteiger partial charge on any atom is -0.452 e. The van der Waals surface area contributed by atoms with Crippen LogP contribution in [0.5, 0.6) is 0 Å². The maximum atomic E-state index is 12.7. The number of esters is 1. The number of sulfonamides is 1. The molecule has 1 aliphatic heterocycles. The summed E-state index contributed by atoms with van der Waals surface area (Å²) >= 11 is 6.03. The first kappa shape index (κ1) is 20.4. The number of hydrogen-bond donors (Lipinski definition) is 1. The normalized spacial score (nSPS) is 15.8. The van der Waals surface area contributed by atoms with E-state index in [2.05, 4.69) is 5.32 Å². The number of nitrogens with one attached hydrogen (secondary N) is 1. The van der Waals surface area contributed by atoms with E-state index in [9.17, 15) is 18.0 Å². The minimum atomic E-state index is -3.72. The molecule has 26 heavy (non-hydrogen) atoms. The van der Waals surface area contributed by atoms with Gasteiger partial charge in [0, 0.05) is 19.2 Å². The van der Waals surface area contributed by atoms with Gasteiger partial charge in [-0.3, -0.25) is 4.79 Å². The van der Waals surface area contributed by atoms with Crippen molar-refractivity contribution in [2.75, 3.05) is 38.2 Å². The zero-order valence-corrected chi connectivity index (χ0v) is 15.7. The third-order valence-corrected chi connectivity index (χ3v) is 5.69. The number of amides is 1. The second-order valence-corrected chi connectivity index (χ2v) is 7.66. The summed E-state index contributed by atoms with van der Waals surface area (Å²) in [5.41, 5.74) is 0.119. The molecule has 0 spiro atoms. The number of hydrogen-bond acceptors (Lipinski definition) is 6. The van der Waals surface area contributed by atoms with Crippen LogP contribution < -0.4 is 5.32 Å². The van der Waals surface area contributed by atoms with Gasteiger partial charge in [0.1, 0.15) is 0 Å². The van der Waals surface area contributed by atoms with E-state index in [1.54, 1.807) is 6.92 Å². The number of anilines is 1. The van der Waals surface area contributed by atoms with Crippen LogP contribution in [0.25, 0.3) is 0 Å². The van der Waals surface area contributed by atoms with Crippen molar-refractivity contribution in [3.8, 4) is 0 Å². The topological polar surface area (TPSA) is 102 Å². The molecule has 0 aliphatic carbocycles. The number of morpholine rings is 1. The van der Waals surface area contributed by atoms with Gasteiger partial charge in [0.15, 0.2) is 6.61 Å². The Bertz CT molecular complexity index is 803. The number of benzene rings is 1. The van der Waals surface area contributed by atoms with Gasteiger partial charge in [-0.2, -0.15) is 4.31 Å². The van der Waals surface area contributed by atoms with E-state index in [1.165, 1.54) is 34.7 Å². The third-order valence-electron chi connectivity index (χ3n) is 3.47. The largest absolute Gasteiger partial charge is 0.452 e. The molecule has 1 fully saturated rings. The highest BCUT2D eigenvalue weighted by Crippen LogP contribution is 2.27. The van der Waals surface area contributed by atoms with E-state index in [4.69, 9.17) is 21.1 Å². The van der Waals surface area contributed by atoms with Gasteiger partial charge < -0.3 is 14.8 Å². The van der Waals surface area contributed by atoms with Crippen LogP contribution in [-0.4, -0.2) is 57.5 Å². The maximum absolute atomic E-state index is 12.7. The summed E-state index contributed by atoms with van der Waals surface area (Å²) in [7, 11) is -3.72. The third kappa shape index (κ3) is 5.28. The number of carbonyl (C=O) groups excluding carboxylic acids is 2. The van der Waals surface area contributed by atoms with Gasteiger partial charge in [0.05, 0.1) is 28.8 Å². The lowest BCUT2D eigenvalue weighted by molar-refractivity contribution is -0.142. The number of halogens is 1. The number of rotatable bonds is 6. The van der Waals surface area contributed by atoms with Gasteiger partial charge in [-0.25, -0.2) is 13.2 Å². The number of nitrogens with zero attached hydrogens (tertiary/aromatic N) is 1. The van der Waals surface area contributed by atoms with Crippen LogP contribution in [0.4, 0.5) is 5.69 Å². The molecular weight excluding hydrogens is 384 g/mol. The Morgan fingerprint density at radius 1 is 1.35 bits per heavy atom. The van der Waals surface area contributed by atoms with E-state index in [0.717, 1.165) is 0 Å². The quantitative estimate of drug-likeness (QED) is 0.570. The summed E-state index contributed by atoms with van der Waals surface area (Å²) in [5, 5.41) is 2.61. The predicted octanol–water partition coefficient (Wildman–Crippen LogP) is 1.42. The molecular formula is C16H19ClN2O6S. The van der Waals surface area contributed by atoms with Gasteiger partial charge in [0.2, 0.25) is 10.0 Å². The van der Waals surface area contributed by atoms with Gasteiger partial charge >= 0.3 is 5.97 Å². The molecule has 0 atom stereocenters. The standard InChI is InChI=1S/C16H19ClN2O6S/c1-2-3-16(21)25-11-15(20)18-14-10-12(4-5-13(14)17)26(22,23)19-6-8-24-9-7-19/h2-5,10H,6-9,11H2,1H3,(H,18,20). The highest BCUT2D eigenvalue weighted by molar-refractivity contribution is 7.89. The van der Waals surface area contributed by atoms with Gasteiger partial charge in [-0.15, -0.1) is 0 Å². The Hall–Kier alpha value is -1.94. The van der Waals surface area contributed by atoms with Crippen molar-refractivity contribution in [3.05, 3.63) is 35.4 Å². The Morgan fingerprint density at radius 3 is 2.69 bits per heavy atom. The lowest BCUT2D eigenvalue weighted by atomic mass is 10.3. The summed E-state index contributed by atoms with van der Waals surface area (Å²) < 4.78 is 36.5. The molecule has 1 aromatic rings. The molecule has 1 aliphatic rings. The lowest BCUT2D eigenvalue weighted by Crippen LogP contribution is -2.40. The molecule has 0 aromatic heterocycles. The van der Waals surface area contributed by atoms with Crippen LogP contribution >= 0.6 is 11.6 Å². The Kier molecular flexibility index (Phi) is 7.15. The van der Waals surface area contributed by atoms with Gasteiger partial charge in [-0.05, 0) is 25.1 Å². The van der Waals surface area contributed by atoms with E-state index in [-0.39, 0.29) is 28.7 Å². The van der Waals surface area contributed by atoms with E-state index < -0.39 is 28.5 Å². The Labute approximate surface area is 156 Å². The first-order chi connectivity index (χ1) is 12.3. The number of allylic oxidation sites excluding steroid dienone is 1. The van der Waals surface area contributed by atoms with Gasteiger partial charge in [-0.1, -0.05) is 17.7 Å². The Balaban J connectivity index is 2.11. The van der Waals surface area contributed by atoms with Crippen molar-refractivity contribution in [1.82, 2.24) is 4.31 Å². The molecule has 0 radical (unpaired) electrons. The molecule has 10 heteroatoms. The van der Waals surface area contributed by atoms with Crippen LogP contribution in [0.15, 0.2) is 35.2 Å². The Morgan fingerprint density at radius 2 is 2.04 bits per heavy atom. The summed E-state index contributed by atoms with van der Waals surface area (Å²) in [6.45, 7) is 2.30. The van der Waals surface area contributed by atoms with Crippen molar-refractivity contribution in [2.45, 2.75) is 11.8 Å². The first-order valence-electron chi connectivity index (χ1n) is 7.81. The molecule has 0 bridgehead atoms. The molecule has 2 rings (SSSR count). The zero-order valence-electron chi connectivity index (χ0n) is 14.1. The fraction of sp³-hybridized carbons (Fsp3) is 0.375. The first-order valence-corrected chi connectivity index (χ1v) is 9.63. The average molecular weight is 403 g/mol. The van der Waals surface area contributed by atoms with Crippen LogP contribution in [0.1, 0.15) is 6.92 Å². The highest BCUT2D eigenvalue weighted by atomic mass is 35.5. The van der Waals surface area contributed by atoms with E-state index in [1.807, 2.05) is 0 Å². The SMILES string of the molecule is CC=CC(=O)OCC(=O)Nc1cc(S(=O)(=O)N2CCOCC2)ccc1Cl. The van der Waals surface area contributed by atoms with Crippen molar-refractivity contribution < 1.29 is 27.5 Å². The molecule has 1 amide bonds. The van der Waals surface area contributed by atoms with Crippen LogP contribution in [-0.2, 0) is 29.1 Å². The summed E-state index contributed by atoms with van der Waals surface area (Å²) in [6.07, 6.45) is 2.66. The molecule has 0 unspecified atom stereocenters. The second-order valence-electron chi connectivity index (χ2n) is 5.31. The highest BCUT2D eigenvalue weighted by Gasteiger charge is 2.27. The lowest BCUT2D eigenvalue weighted by Gasteiger charge is -2.26. The summed E-state index contributed by atoms with van der Waals surface area (Å²) in [5.74, 6) is -1.29. The molecule has 1 N–H and O–H groups in total. The molecule has 1 saturated heterocycles. The predicted molar refractivity (Wildman–Crippen MR) is 95.4 cm³/mol. The number of ether oxygens (including phenoxy) is 2. The molecule has 1 aromatic carbocycles. The fourth-order valence-electron chi connectivity index (χ4n) is 2.20. The molecule has 8 nitrogen and oxygen atoms in total. The monoisotopic (exact) mass is 402 g/mol. The second kappa shape index (κ2) is 9.13. The summed E-state index contributed by atoms with van der Waals surface area (Å²) in [4.78, 5) is 23.1. The van der Waals surface area contributed by atoms with E-state index >= 15 is 0 Å². The minimum absolute atomic E-state index is 0.00464. The summed E-state index contributed by atoms with van der Waals surface area (Å²) in [6, 6.07) is 4.03. The van der Waals surface area contributed by atoms with Crippen molar-refractivity contribution >= 4 is 39.2 Å². The molecule has 142 valence electrons. The van der Waals surface area contributed by atoms with E-state index in [0.29, 0.717) is 13.2 Å². The van der Waals surface area contributed by atoms with Gasteiger partial charge in [0.25, 0.3) is 5.91 Å². The average Bonchev–Trinajstić information content (AvgIpc) is 2.62. The van der Waals surface area contributed by atoms with Crippen LogP contribution in [0.3, 0.4) is 0 Å². The molecule has 1 heterocycles. The van der Waals surface area contributed by atoms with Crippen molar-refractivity contribution in [1.29, 1.82) is 0 Å². The van der Waals surface area contributed by atoms with Crippen LogP contribution in [0.2, 0.25) is 5.02 Å². The molecule has 0 saturated carbocycles. The van der Waals surface area contributed by atoms with Crippen molar-refractivity contribution in [3.63, 3.8) is 0 Å². The zero-order chi connectivity index (χ0) is 19.2. The fourth-order valence-corrected chi connectivity index (χ4v) is 3.80. The maximum Gasteiger partial charge on any atom is 0.330 e.